The minimum Gasteiger partial charge on any atom is -0.326 e. The zero-order valence-corrected chi connectivity index (χ0v) is 13.6. The summed E-state index contributed by atoms with van der Waals surface area (Å²) in [7, 11) is 0.444. The number of nitrogens with zero attached hydrogens (tertiary/aromatic N) is 2. The Morgan fingerprint density at radius 1 is 1.38 bits per heavy atom. The molecule has 6 heteroatoms. The molecular formula is C15H25N3O2S. The molecule has 1 aromatic carbocycles. The second-order valence-electron chi connectivity index (χ2n) is 5.85. The number of hydrogen-bond acceptors (Lipinski definition) is 4. The molecule has 1 fully saturated rings. The number of likely N-dealkylation sites (N-methyl/N-ethyl adjacent to an activating group) is 2. The van der Waals surface area contributed by atoms with Crippen LogP contribution >= 0.6 is 0 Å². The highest BCUT2D eigenvalue weighted by atomic mass is 32.2. The Labute approximate surface area is 127 Å². The maximum Gasteiger partial charge on any atom is 0.218 e. The molecule has 118 valence electrons. The lowest BCUT2D eigenvalue weighted by Crippen LogP contribution is -2.47. The van der Waals surface area contributed by atoms with Crippen LogP contribution in [0.2, 0.25) is 0 Å². The van der Waals surface area contributed by atoms with Gasteiger partial charge in [0.1, 0.15) is 0 Å². The van der Waals surface area contributed by atoms with Gasteiger partial charge in [-0.15, -0.1) is 0 Å². The number of piperidine rings is 1. The standard InChI is InChI=1S/C15H25N3O2S/c1-17-8-4-7-15(11-17)18(2)21(19,20)12-14-6-3-5-13(9-14)10-16/h3,5-6,9,15H,4,7-8,10-12,16H2,1-2H3. The Morgan fingerprint density at radius 3 is 2.76 bits per heavy atom. The van der Waals surface area contributed by atoms with E-state index in [-0.39, 0.29) is 11.8 Å². The summed E-state index contributed by atoms with van der Waals surface area (Å²) < 4.78 is 26.7. The molecule has 0 radical (unpaired) electrons. The van der Waals surface area contributed by atoms with Crippen molar-refractivity contribution < 1.29 is 8.42 Å². The smallest absolute Gasteiger partial charge is 0.218 e. The molecule has 0 saturated carbocycles. The third kappa shape index (κ3) is 4.26. The molecule has 1 aliphatic heterocycles. The number of sulfonamides is 1. The molecule has 5 nitrogen and oxygen atoms in total. The summed E-state index contributed by atoms with van der Waals surface area (Å²) in [6.45, 7) is 2.28. The van der Waals surface area contributed by atoms with Crippen molar-refractivity contribution in [1.82, 2.24) is 9.21 Å². The molecule has 0 bridgehead atoms. The van der Waals surface area contributed by atoms with Gasteiger partial charge >= 0.3 is 0 Å². The van der Waals surface area contributed by atoms with Crippen molar-refractivity contribution in [3.63, 3.8) is 0 Å². The fourth-order valence-electron chi connectivity index (χ4n) is 2.82. The fourth-order valence-corrected chi connectivity index (χ4v) is 4.25. The van der Waals surface area contributed by atoms with Crippen LogP contribution in [-0.4, -0.2) is 50.8 Å². The Kier molecular flexibility index (Phi) is 5.37. The van der Waals surface area contributed by atoms with Crippen molar-refractivity contribution in [1.29, 1.82) is 0 Å². The SMILES string of the molecule is CN1CCCC(N(C)S(=O)(=O)Cc2cccc(CN)c2)C1. The number of likely N-dealkylation sites (tertiary alicyclic amines) is 1. The van der Waals surface area contributed by atoms with Crippen LogP contribution in [0.1, 0.15) is 24.0 Å². The maximum absolute atomic E-state index is 12.6. The summed E-state index contributed by atoms with van der Waals surface area (Å²) in [6, 6.07) is 7.57. The molecular weight excluding hydrogens is 286 g/mol. The van der Waals surface area contributed by atoms with E-state index in [9.17, 15) is 8.42 Å². The van der Waals surface area contributed by atoms with Gasteiger partial charge in [0.05, 0.1) is 5.75 Å². The zero-order chi connectivity index (χ0) is 15.5. The van der Waals surface area contributed by atoms with Crippen LogP contribution in [0.25, 0.3) is 0 Å². The number of benzene rings is 1. The van der Waals surface area contributed by atoms with Crippen LogP contribution in [0.5, 0.6) is 0 Å². The first-order valence-corrected chi connectivity index (χ1v) is 8.95. The van der Waals surface area contributed by atoms with Crippen molar-refractivity contribution in [3.8, 4) is 0 Å². The van der Waals surface area contributed by atoms with Gasteiger partial charge in [-0.05, 0) is 37.6 Å². The lowest BCUT2D eigenvalue weighted by molar-refractivity contribution is 0.187. The summed E-state index contributed by atoms with van der Waals surface area (Å²) in [6.07, 6.45) is 1.98. The van der Waals surface area contributed by atoms with E-state index in [1.807, 2.05) is 31.3 Å². The predicted molar refractivity (Wildman–Crippen MR) is 85.2 cm³/mol. The van der Waals surface area contributed by atoms with Gasteiger partial charge < -0.3 is 10.6 Å². The summed E-state index contributed by atoms with van der Waals surface area (Å²) in [5, 5.41) is 0. The first kappa shape index (κ1) is 16.4. The quantitative estimate of drug-likeness (QED) is 0.881. The second kappa shape index (κ2) is 6.87. The molecule has 0 aromatic heterocycles. The molecule has 0 amide bonds. The second-order valence-corrected chi connectivity index (χ2v) is 7.88. The van der Waals surface area contributed by atoms with Crippen LogP contribution in [-0.2, 0) is 22.3 Å². The Hall–Kier alpha value is -0.950. The molecule has 1 unspecified atom stereocenters. The normalized spacial score (nSPS) is 20.9. The van der Waals surface area contributed by atoms with Crippen LogP contribution < -0.4 is 5.73 Å². The highest BCUT2D eigenvalue weighted by Gasteiger charge is 2.29. The van der Waals surface area contributed by atoms with Crippen molar-refractivity contribution in [2.75, 3.05) is 27.2 Å². The summed E-state index contributed by atoms with van der Waals surface area (Å²) in [5.41, 5.74) is 7.37. The number of hydrogen-bond donors (Lipinski definition) is 1. The highest BCUT2D eigenvalue weighted by Crippen LogP contribution is 2.19. The summed E-state index contributed by atoms with van der Waals surface area (Å²) in [5.74, 6) is 0.0392. The van der Waals surface area contributed by atoms with Crippen LogP contribution in [0.15, 0.2) is 24.3 Å². The zero-order valence-electron chi connectivity index (χ0n) is 12.8. The minimum absolute atomic E-state index is 0.0392. The molecule has 0 spiro atoms. The summed E-state index contributed by atoms with van der Waals surface area (Å²) in [4.78, 5) is 2.19. The van der Waals surface area contributed by atoms with Gasteiger partial charge in [-0.3, -0.25) is 0 Å². The third-order valence-corrected chi connectivity index (χ3v) is 6.00. The van der Waals surface area contributed by atoms with E-state index in [0.717, 1.165) is 37.1 Å². The molecule has 1 heterocycles. The van der Waals surface area contributed by atoms with E-state index < -0.39 is 10.0 Å². The maximum atomic E-state index is 12.6. The summed E-state index contributed by atoms with van der Waals surface area (Å²) >= 11 is 0. The third-order valence-electron chi connectivity index (χ3n) is 4.13. The van der Waals surface area contributed by atoms with Crippen LogP contribution in [0.4, 0.5) is 0 Å². The molecule has 0 aliphatic carbocycles. The van der Waals surface area contributed by atoms with Gasteiger partial charge in [-0.1, -0.05) is 24.3 Å². The average Bonchev–Trinajstić information content (AvgIpc) is 2.46. The Balaban J connectivity index is 2.09. The van der Waals surface area contributed by atoms with Gasteiger partial charge in [0, 0.05) is 26.2 Å². The Bertz CT molecular complexity index is 574. The van der Waals surface area contributed by atoms with Gasteiger partial charge in [-0.2, -0.15) is 0 Å². The van der Waals surface area contributed by atoms with Crippen molar-refractivity contribution in [3.05, 3.63) is 35.4 Å². The molecule has 1 saturated heterocycles. The minimum atomic E-state index is -3.30. The van der Waals surface area contributed by atoms with Gasteiger partial charge in [-0.25, -0.2) is 12.7 Å². The van der Waals surface area contributed by atoms with Crippen molar-refractivity contribution >= 4 is 10.0 Å². The molecule has 1 atom stereocenters. The van der Waals surface area contributed by atoms with E-state index in [4.69, 9.17) is 5.73 Å². The topological polar surface area (TPSA) is 66.6 Å². The van der Waals surface area contributed by atoms with Crippen LogP contribution in [0.3, 0.4) is 0 Å². The largest absolute Gasteiger partial charge is 0.326 e. The van der Waals surface area contributed by atoms with Crippen LogP contribution in [0, 0.1) is 0 Å². The molecule has 1 aromatic rings. The monoisotopic (exact) mass is 311 g/mol. The average molecular weight is 311 g/mol. The number of nitrogens with two attached hydrogens (primary N) is 1. The van der Waals surface area contributed by atoms with E-state index in [1.54, 1.807) is 11.4 Å². The van der Waals surface area contributed by atoms with E-state index in [0.29, 0.717) is 6.54 Å². The molecule has 21 heavy (non-hydrogen) atoms. The van der Waals surface area contributed by atoms with Crippen molar-refractivity contribution in [2.24, 2.45) is 5.73 Å². The van der Waals surface area contributed by atoms with E-state index in [2.05, 4.69) is 4.90 Å². The predicted octanol–water partition coefficient (Wildman–Crippen LogP) is 1.00. The van der Waals surface area contributed by atoms with Gasteiger partial charge in [0.2, 0.25) is 10.0 Å². The number of rotatable bonds is 5. The van der Waals surface area contributed by atoms with Gasteiger partial charge in [0.15, 0.2) is 0 Å². The van der Waals surface area contributed by atoms with E-state index in [1.165, 1.54) is 0 Å². The highest BCUT2D eigenvalue weighted by molar-refractivity contribution is 7.88. The molecule has 2 rings (SSSR count). The lowest BCUT2D eigenvalue weighted by Gasteiger charge is -2.35. The molecule has 2 N–H and O–H groups in total. The van der Waals surface area contributed by atoms with Crippen molar-refractivity contribution in [2.45, 2.75) is 31.2 Å². The Morgan fingerprint density at radius 2 is 2.10 bits per heavy atom. The van der Waals surface area contributed by atoms with E-state index >= 15 is 0 Å². The molecule has 1 aliphatic rings. The first-order valence-electron chi connectivity index (χ1n) is 7.34. The first-order chi connectivity index (χ1) is 9.92. The van der Waals surface area contributed by atoms with Gasteiger partial charge in [0.25, 0.3) is 0 Å². The fraction of sp³-hybridized carbons (Fsp3) is 0.600. The lowest BCUT2D eigenvalue weighted by atomic mass is 10.1.